The highest BCUT2D eigenvalue weighted by atomic mass is 14.1. The lowest BCUT2D eigenvalue weighted by Gasteiger charge is -2.14. The molecule has 0 aliphatic heterocycles. The molecule has 1 aliphatic carbocycles. The van der Waals surface area contributed by atoms with Crippen molar-refractivity contribution in [3.63, 3.8) is 0 Å². The molecule has 0 heterocycles. The number of allylic oxidation sites excluding steroid dienone is 6. The van der Waals surface area contributed by atoms with Gasteiger partial charge in [0.2, 0.25) is 0 Å². The van der Waals surface area contributed by atoms with Crippen LogP contribution in [0.1, 0.15) is 24.0 Å². The Labute approximate surface area is 127 Å². The van der Waals surface area contributed by atoms with E-state index in [9.17, 15) is 0 Å². The number of hydrogen-bond donors (Lipinski definition) is 0. The Balaban J connectivity index is 1.87. The average Bonchev–Trinajstić information content (AvgIpc) is 2.58. The zero-order valence-electron chi connectivity index (χ0n) is 12.2. The SMILES string of the molecule is C1=CCC(=C(CCc2ccccc2)c2ccccc2)C=C1. The smallest absolute Gasteiger partial charge is 0.00914 e. The predicted octanol–water partition coefficient (Wildman–Crippen LogP) is 5.59. The van der Waals surface area contributed by atoms with Gasteiger partial charge in [0.15, 0.2) is 0 Å². The first-order chi connectivity index (χ1) is 10.4. The van der Waals surface area contributed by atoms with Crippen LogP contribution in [0.3, 0.4) is 0 Å². The van der Waals surface area contributed by atoms with E-state index in [0.29, 0.717) is 0 Å². The van der Waals surface area contributed by atoms with E-state index >= 15 is 0 Å². The van der Waals surface area contributed by atoms with Crippen LogP contribution in [0.4, 0.5) is 0 Å². The van der Waals surface area contributed by atoms with E-state index in [1.165, 1.54) is 22.3 Å². The zero-order chi connectivity index (χ0) is 14.3. The van der Waals surface area contributed by atoms with Gasteiger partial charge in [0.25, 0.3) is 0 Å². The van der Waals surface area contributed by atoms with Crippen molar-refractivity contribution in [1.82, 2.24) is 0 Å². The standard InChI is InChI=1S/C21H20/c1-4-10-18(11-5-1)16-17-21(19-12-6-2-7-13-19)20-14-8-3-9-15-20/h1-14H,15-17H2. The van der Waals surface area contributed by atoms with E-state index in [-0.39, 0.29) is 0 Å². The molecule has 0 heteroatoms. The van der Waals surface area contributed by atoms with E-state index in [1.807, 2.05) is 0 Å². The second-order valence-electron chi connectivity index (χ2n) is 5.35. The third-order valence-corrected chi connectivity index (χ3v) is 3.90. The molecule has 2 aromatic rings. The summed E-state index contributed by atoms with van der Waals surface area (Å²) in [6, 6.07) is 21.5. The summed E-state index contributed by atoms with van der Waals surface area (Å²) in [4.78, 5) is 0. The van der Waals surface area contributed by atoms with E-state index in [4.69, 9.17) is 0 Å². The molecule has 0 N–H and O–H groups in total. The highest BCUT2D eigenvalue weighted by molar-refractivity contribution is 5.72. The lowest BCUT2D eigenvalue weighted by Crippen LogP contribution is -1.95. The van der Waals surface area contributed by atoms with Gasteiger partial charge in [-0.25, -0.2) is 0 Å². The maximum absolute atomic E-state index is 2.26. The summed E-state index contributed by atoms with van der Waals surface area (Å²) < 4.78 is 0. The molecular formula is C21H20. The minimum Gasteiger partial charge on any atom is -0.0801 e. The van der Waals surface area contributed by atoms with Crippen LogP contribution in [0.25, 0.3) is 5.57 Å². The maximum Gasteiger partial charge on any atom is -0.00914 e. The van der Waals surface area contributed by atoms with Crippen LogP contribution < -0.4 is 0 Å². The van der Waals surface area contributed by atoms with Crippen molar-refractivity contribution >= 4 is 5.57 Å². The van der Waals surface area contributed by atoms with Crippen molar-refractivity contribution in [3.8, 4) is 0 Å². The van der Waals surface area contributed by atoms with Gasteiger partial charge in [-0.3, -0.25) is 0 Å². The summed E-state index contributed by atoms with van der Waals surface area (Å²) in [7, 11) is 0. The summed E-state index contributed by atoms with van der Waals surface area (Å²) in [5, 5.41) is 0. The fourth-order valence-electron chi connectivity index (χ4n) is 2.78. The van der Waals surface area contributed by atoms with Crippen molar-refractivity contribution in [3.05, 3.63) is 102 Å². The van der Waals surface area contributed by atoms with Crippen molar-refractivity contribution in [2.45, 2.75) is 19.3 Å². The molecule has 0 saturated heterocycles. The summed E-state index contributed by atoms with van der Waals surface area (Å²) in [6.45, 7) is 0. The average molecular weight is 272 g/mol. The third-order valence-electron chi connectivity index (χ3n) is 3.90. The van der Waals surface area contributed by atoms with E-state index in [2.05, 4.69) is 85.0 Å². The lowest BCUT2D eigenvalue weighted by molar-refractivity contribution is 1.00. The van der Waals surface area contributed by atoms with Gasteiger partial charge >= 0.3 is 0 Å². The van der Waals surface area contributed by atoms with Crippen LogP contribution >= 0.6 is 0 Å². The molecule has 1 aliphatic rings. The molecule has 0 atom stereocenters. The van der Waals surface area contributed by atoms with Gasteiger partial charge in [-0.1, -0.05) is 85.0 Å². The van der Waals surface area contributed by atoms with Gasteiger partial charge in [0.1, 0.15) is 0 Å². The van der Waals surface area contributed by atoms with Gasteiger partial charge in [0, 0.05) is 0 Å². The van der Waals surface area contributed by atoms with Crippen LogP contribution in [0.2, 0.25) is 0 Å². The molecule has 2 aromatic carbocycles. The lowest BCUT2D eigenvalue weighted by atomic mass is 9.91. The number of hydrogen-bond acceptors (Lipinski definition) is 0. The third kappa shape index (κ3) is 3.61. The van der Waals surface area contributed by atoms with E-state index < -0.39 is 0 Å². The first-order valence-electron chi connectivity index (χ1n) is 7.58. The predicted molar refractivity (Wildman–Crippen MR) is 91.0 cm³/mol. The molecule has 21 heavy (non-hydrogen) atoms. The zero-order valence-corrected chi connectivity index (χ0v) is 12.2. The number of benzene rings is 2. The quantitative estimate of drug-likeness (QED) is 0.680. The van der Waals surface area contributed by atoms with Gasteiger partial charge < -0.3 is 0 Å². The van der Waals surface area contributed by atoms with Gasteiger partial charge in [-0.15, -0.1) is 0 Å². The van der Waals surface area contributed by atoms with Crippen LogP contribution in [0.5, 0.6) is 0 Å². The monoisotopic (exact) mass is 272 g/mol. The van der Waals surface area contributed by atoms with E-state index in [1.54, 1.807) is 0 Å². The first-order valence-corrected chi connectivity index (χ1v) is 7.58. The Kier molecular flexibility index (Phi) is 4.48. The Morgan fingerprint density at radius 1 is 0.810 bits per heavy atom. The van der Waals surface area contributed by atoms with Gasteiger partial charge in [0.05, 0.1) is 0 Å². The molecule has 0 spiro atoms. The summed E-state index contributed by atoms with van der Waals surface area (Å²) in [5.41, 5.74) is 5.67. The molecule has 0 aromatic heterocycles. The minimum atomic E-state index is 1.04. The molecule has 0 radical (unpaired) electrons. The highest BCUT2D eigenvalue weighted by Gasteiger charge is 2.08. The minimum absolute atomic E-state index is 1.04. The number of aryl methyl sites for hydroxylation is 1. The van der Waals surface area contributed by atoms with Crippen LogP contribution in [-0.2, 0) is 6.42 Å². The van der Waals surface area contributed by atoms with Crippen molar-refractivity contribution in [1.29, 1.82) is 0 Å². The molecule has 104 valence electrons. The molecule has 3 rings (SSSR count). The molecular weight excluding hydrogens is 252 g/mol. The van der Waals surface area contributed by atoms with Crippen molar-refractivity contribution in [2.24, 2.45) is 0 Å². The Morgan fingerprint density at radius 3 is 2.19 bits per heavy atom. The van der Waals surface area contributed by atoms with Crippen LogP contribution in [0.15, 0.2) is 90.5 Å². The Bertz CT molecular complexity index is 658. The molecule has 0 unspecified atom stereocenters. The molecule has 0 saturated carbocycles. The van der Waals surface area contributed by atoms with Crippen LogP contribution in [0, 0.1) is 0 Å². The Hall–Kier alpha value is -2.34. The highest BCUT2D eigenvalue weighted by Crippen LogP contribution is 2.28. The van der Waals surface area contributed by atoms with Crippen molar-refractivity contribution < 1.29 is 0 Å². The fraction of sp³-hybridized carbons (Fsp3) is 0.143. The molecule has 0 fully saturated rings. The molecule has 0 nitrogen and oxygen atoms in total. The summed E-state index contributed by atoms with van der Waals surface area (Å²) in [6.07, 6.45) is 12.0. The second kappa shape index (κ2) is 6.90. The summed E-state index contributed by atoms with van der Waals surface area (Å²) >= 11 is 0. The van der Waals surface area contributed by atoms with Gasteiger partial charge in [-0.05, 0) is 41.5 Å². The molecule has 0 bridgehead atoms. The van der Waals surface area contributed by atoms with Crippen molar-refractivity contribution in [2.75, 3.05) is 0 Å². The van der Waals surface area contributed by atoms with E-state index in [0.717, 1.165) is 19.3 Å². The normalized spacial score (nSPS) is 16.0. The summed E-state index contributed by atoms with van der Waals surface area (Å²) in [5.74, 6) is 0. The molecule has 0 amide bonds. The number of rotatable bonds is 4. The maximum atomic E-state index is 2.26. The second-order valence-corrected chi connectivity index (χ2v) is 5.35. The largest absolute Gasteiger partial charge is 0.0801 e. The Morgan fingerprint density at radius 2 is 1.52 bits per heavy atom. The van der Waals surface area contributed by atoms with Crippen LogP contribution in [-0.4, -0.2) is 0 Å². The fourth-order valence-corrected chi connectivity index (χ4v) is 2.78. The van der Waals surface area contributed by atoms with Gasteiger partial charge in [-0.2, -0.15) is 0 Å². The topological polar surface area (TPSA) is 0 Å². The first kappa shape index (κ1) is 13.6.